The van der Waals surface area contributed by atoms with Gasteiger partial charge in [0.2, 0.25) is 5.95 Å². The highest BCUT2D eigenvalue weighted by atomic mass is 16.5. The van der Waals surface area contributed by atoms with E-state index in [2.05, 4.69) is 38.5 Å². The molecule has 0 bridgehead atoms. The number of hydrogen-bond acceptors (Lipinski definition) is 8. The van der Waals surface area contributed by atoms with Crippen LogP contribution in [0.3, 0.4) is 0 Å². The van der Waals surface area contributed by atoms with E-state index in [0.29, 0.717) is 29.6 Å². The topological polar surface area (TPSA) is 120 Å². The lowest BCUT2D eigenvalue weighted by Gasteiger charge is -2.23. The number of alkyl carbamates (subject to hydrolysis) is 1. The number of para-hydroxylation sites is 1. The van der Waals surface area contributed by atoms with Crippen LogP contribution >= 0.6 is 0 Å². The zero-order valence-electron chi connectivity index (χ0n) is 20.2. The Hall–Kier alpha value is -4.47. The zero-order chi connectivity index (χ0) is 24.9. The van der Waals surface area contributed by atoms with Crippen LogP contribution in [0.1, 0.15) is 0 Å². The van der Waals surface area contributed by atoms with E-state index >= 15 is 0 Å². The molecule has 0 unspecified atom stereocenters. The molecular weight excluding hydrogens is 446 g/mol. The number of aromatic nitrogens is 3. The van der Waals surface area contributed by atoms with Gasteiger partial charge in [0.25, 0.3) is 0 Å². The minimum Gasteiger partial charge on any atom is -0.494 e. The Morgan fingerprint density at radius 2 is 2.03 bits per heavy atom. The van der Waals surface area contributed by atoms with E-state index in [1.165, 1.54) is 7.05 Å². The van der Waals surface area contributed by atoms with Gasteiger partial charge in [0.1, 0.15) is 12.4 Å². The summed E-state index contributed by atoms with van der Waals surface area (Å²) in [4.78, 5) is 22.3. The van der Waals surface area contributed by atoms with Gasteiger partial charge in [-0.25, -0.2) is 14.8 Å². The maximum atomic E-state index is 11.3. The third-order valence-electron chi connectivity index (χ3n) is 5.70. The smallest absolute Gasteiger partial charge is 0.406 e. The Labute approximate surface area is 203 Å². The average molecular weight is 476 g/mol. The monoisotopic (exact) mass is 475 g/mol. The first-order valence-electron chi connectivity index (χ1n) is 11.1. The van der Waals surface area contributed by atoms with Crippen LogP contribution in [-0.2, 0) is 11.8 Å². The van der Waals surface area contributed by atoms with Gasteiger partial charge in [-0.05, 0) is 18.2 Å². The molecule has 0 spiro atoms. The number of ether oxygens (including phenoxy) is 2. The van der Waals surface area contributed by atoms with Gasteiger partial charge in [0.05, 0.1) is 36.4 Å². The third kappa shape index (κ3) is 5.06. The number of methoxy groups -OCH3 is 1. The molecule has 2 aromatic carbocycles. The summed E-state index contributed by atoms with van der Waals surface area (Å²) in [5.41, 5.74) is 11.2. The number of likely N-dealkylation sites (N-methyl/N-ethyl adjacent to an activating group) is 1. The summed E-state index contributed by atoms with van der Waals surface area (Å²) in [5, 5.41) is 6.77. The maximum absolute atomic E-state index is 11.3. The van der Waals surface area contributed by atoms with Crippen LogP contribution in [0.25, 0.3) is 22.2 Å². The van der Waals surface area contributed by atoms with Crippen molar-refractivity contribution in [3.8, 4) is 17.0 Å². The number of hydrogen-bond donors (Lipinski definition) is 3. The second kappa shape index (κ2) is 10.2. The van der Waals surface area contributed by atoms with E-state index in [1.54, 1.807) is 19.4 Å². The van der Waals surface area contributed by atoms with Crippen LogP contribution in [0.15, 0.2) is 54.9 Å². The molecular formula is C25H29N7O3. The molecule has 4 aromatic rings. The van der Waals surface area contributed by atoms with Crippen LogP contribution in [0, 0.1) is 0 Å². The molecule has 4 N–H and O–H groups in total. The van der Waals surface area contributed by atoms with E-state index in [1.807, 2.05) is 43.3 Å². The van der Waals surface area contributed by atoms with Crippen LogP contribution in [0.5, 0.6) is 5.75 Å². The summed E-state index contributed by atoms with van der Waals surface area (Å²) in [7, 11) is 6.98. The molecule has 35 heavy (non-hydrogen) atoms. The van der Waals surface area contributed by atoms with Gasteiger partial charge in [-0.3, -0.25) is 0 Å². The molecule has 2 aromatic heterocycles. The van der Waals surface area contributed by atoms with Crippen molar-refractivity contribution in [1.29, 1.82) is 0 Å². The number of anilines is 4. The Bertz CT molecular complexity index is 1350. The van der Waals surface area contributed by atoms with Gasteiger partial charge in [0, 0.05) is 56.1 Å². The summed E-state index contributed by atoms with van der Waals surface area (Å²) in [6, 6.07) is 13.7. The predicted octanol–water partition coefficient (Wildman–Crippen LogP) is 3.76. The summed E-state index contributed by atoms with van der Waals surface area (Å²) < 4.78 is 12.7. The third-order valence-corrected chi connectivity index (χ3v) is 5.70. The van der Waals surface area contributed by atoms with Crippen LogP contribution in [0.4, 0.5) is 27.8 Å². The SMILES string of the molecule is CNC(=O)OCCN(C)c1cc(OC)c(Nc2nccc(-c3cn(C)c4ccccc34)n2)cc1N. The molecule has 10 heteroatoms. The Balaban J connectivity index is 1.57. The Morgan fingerprint density at radius 3 is 2.80 bits per heavy atom. The first kappa shape index (κ1) is 23.7. The van der Waals surface area contributed by atoms with E-state index < -0.39 is 6.09 Å². The van der Waals surface area contributed by atoms with Crippen LogP contribution in [0.2, 0.25) is 0 Å². The van der Waals surface area contributed by atoms with Gasteiger partial charge < -0.3 is 35.3 Å². The number of nitrogen functional groups attached to an aromatic ring is 1. The number of nitrogens with two attached hydrogens (primary N) is 1. The Morgan fingerprint density at radius 1 is 1.23 bits per heavy atom. The number of carbonyl (C=O) groups excluding carboxylic acids is 1. The van der Waals surface area contributed by atoms with Gasteiger partial charge in [-0.2, -0.15) is 0 Å². The van der Waals surface area contributed by atoms with Crippen molar-refractivity contribution in [2.24, 2.45) is 7.05 Å². The summed E-state index contributed by atoms with van der Waals surface area (Å²) in [6.45, 7) is 0.677. The maximum Gasteiger partial charge on any atom is 0.406 e. The van der Waals surface area contributed by atoms with Crippen LogP contribution in [-0.4, -0.2) is 55.0 Å². The fraction of sp³-hybridized carbons (Fsp3) is 0.240. The molecule has 0 aliphatic carbocycles. The van der Waals surface area contributed by atoms with Gasteiger partial charge in [-0.1, -0.05) is 18.2 Å². The molecule has 0 atom stereocenters. The highest BCUT2D eigenvalue weighted by Gasteiger charge is 2.15. The van der Waals surface area contributed by atoms with Gasteiger partial charge >= 0.3 is 6.09 Å². The number of rotatable bonds is 8. The molecule has 182 valence electrons. The highest BCUT2D eigenvalue weighted by Crippen LogP contribution is 2.36. The standard InChI is InChI=1S/C25H29N7O3/c1-27-25(33)35-12-11-31(2)22-14-23(34-4)20(13-18(22)26)30-24-28-10-9-19(29-24)17-15-32(3)21-8-6-5-7-16(17)21/h5-10,13-15H,11-12,26H2,1-4H3,(H,27,33)(H,28,29,30). The van der Waals surface area contributed by atoms with Gasteiger partial charge in [0.15, 0.2) is 0 Å². The highest BCUT2D eigenvalue weighted by molar-refractivity contribution is 5.95. The quantitative estimate of drug-likeness (QED) is 0.330. The first-order chi connectivity index (χ1) is 16.9. The second-order valence-corrected chi connectivity index (χ2v) is 7.98. The fourth-order valence-electron chi connectivity index (χ4n) is 3.89. The molecule has 4 rings (SSSR count). The molecule has 0 fully saturated rings. The molecule has 0 aliphatic heterocycles. The number of carbonyl (C=O) groups is 1. The van der Waals surface area contributed by atoms with Crippen molar-refractivity contribution < 1.29 is 14.3 Å². The molecule has 0 radical (unpaired) electrons. The minimum absolute atomic E-state index is 0.215. The predicted molar refractivity (Wildman–Crippen MR) is 138 cm³/mol. The molecule has 1 amide bonds. The number of nitrogens with zero attached hydrogens (tertiary/aromatic N) is 4. The van der Waals surface area contributed by atoms with Crippen LogP contribution < -0.4 is 26.0 Å². The lowest BCUT2D eigenvalue weighted by Crippen LogP contribution is -2.27. The largest absolute Gasteiger partial charge is 0.494 e. The fourth-order valence-corrected chi connectivity index (χ4v) is 3.89. The van der Waals surface area contributed by atoms with E-state index in [-0.39, 0.29) is 6.61 Å². The van der Waals surface area contributed by atoms with E-state index in [0.717, 1.165) is 27.8 Å². The first-order valence-corrected chi connectivity index (χ1v) is 11.1. The minimum atomic E-state index is -0.478. The lowest BCUT2D eigenvalue weighted by atomic mass is 10.1. The van der Waals surface area contributed by atoms with Crippen molar-refractivity contribution >= 4 is 40.0 Å². The summed E-state index contributed by atoms with van der Waals surface area (Å²) in [6.07, 6.45) is 3.30. The lowest BCUT2D eigenvalue weighted by molar-refractivity contribution is 0.151. The second-order valence-electron chi connectivity index (χ2n) is 7.98. The molecule has 2 heterocycles. The summed E-state index contributed by atoms with van der Waals surface area (Å²) >= 11 is 0. The number of amides is 1. The van der Waals surface area contributed by atoms with Crippen molar-refractivity contribution in [1.82, 2.24) is 19.9 Å². The number of aryl methyl sites for hydroxylation is 1. The van der Waals surface area contributed by atoms with E-state index in [9.17, 15) is 4.79 Å². The molecule has 0 aliphatic rings. The number of nitrogens with one attached hydrogen (secondary N) is 2. The van der Waals surface area contributed by atoms with Crippen molar-refractivity contribution in [2.45, 2.75) is 0 Å². The number of fused-ring (bicyclic) bond motifs is 1. The average Bonchev–Trinajstić information content (AvgIpc) is 3.20. The summed E-state index contributed by atoms with van der Waals surface area (Å²) in [5.74, 6) is 1.00. The van der Waals surface area contributed by atoms with Crippen molar-refractivity contribution in [3.05, 3.63) is 54.9 Å². The van der Waals surface area contributed by atoms with E-state index in [4.69, 9.17) is 20.2 Å². The molecule has 0 saturated heterocycles. The normalized spacial score (nSPS) is 10.7. The van der Waals surface area contributed by atoms with Crippen molar-refractivity contribution in [3.63, 3.8) is 0 Å². The zero-order valence-corrected chi connectivity index (χ0v) is 20.2. The van der Waals surface area contributed by atoms with Crippen molar-refractivity contribution in [2.75, 3.05) is 50.3 Å². The Kier molecular flexibility index (Phi) is 6.91. The van der Waals surface area contributed by atoms with Gasteiger partial charge in [-0.15, -0.1) is 0 Å². The number of benzene rings is 2. The molecule has 0 saturated carbocycles. The molecule has 10 nitrogen and oxygen atoms in total.